The number of anilines is 1. The summed E-state index contributed by atoms with van der Waals surface area (Å²) in [6, 6.07) is 6.37. The largest absolute Gasteiger partial charge is 0.351 e. The Kier molecular flexibility index (Phi) is 4.23. The first-order valence-electron chi connectivity index (χ1n) is 7.08. The standard InChI is InChI=1S/C15H25N3/c1-4-10-16-12-13-7-5-8-14(17-13)18-11-6-9-15(18,2)3/h5,7-8,16H,4,6,9-12H2,1-3H3. The maximum absolute atomic E-state index is 4.79. The van der Waals surface area contributed by atoms with Crippen molar-refractivity contribution < 1.29 is 0 Å². The van der Waals surface area contributed by atoms with Crippen LogP contribution in [0.1, 0.15) is 45.7 Å². The van der Waals surface area contributed by atoms with Crippen LogP contribution in [0.3, 0.4) is 0 Å². The van der Waals surface area contributed by atoms with Gasteiger partial charge in [0.1, 0.15) is 5.82 Å². The van der Waals surface area contributed by atoms with Crippen molar-refractivity contribution in [3.63, 3.8) is 0 Å². The first-order chi connectivity index (χ1) is 8.63. The molecule has 1 N–H and O–H groups in total. The van der Waals surface area contributed by atoms with Crippen LogP contribution in [-0.2, 0) is 6.54 Å². The van der Waals surface area contributed by atoms with E-state index < -0.39 is 0 Å². The van der Waals surface area contributed by atoms with E-state index >= 15 is 0 Å². The topological polar surface area (TPSA) is 28.2 Å². The molecule has 0 amide bonds. The lowest BCUT2D eigenvalue weighted by atomic mass is 10.0. The third-order valence-electron chi connectivity index (χ3n) is 3.70. The fourth-order valence-electron chi connectivity index (χ4n) is 2.64. The van der Waals surface area contributed by atoms with Gasteiger partial charge in [-0.15, -0.1) is 0 Å². The van der Waals surface area contributed by atoms with Gasteiger partial charge in [0.2, 0.25) is 0 Å². The monoisotopic (exact) mass is 247 g/mol. The molecule has 3 heteroatoms. The summed E-state index contributed by atoms with van der Waals surface area (Å²) in [4.78, 5) is 7.23. The quantitative estimate of drug-likeness (QED) is 0.811. The Hall–Kier alpha value is -1.09. The molecule has 0 unspecified atom stereocenters. The summed E-state index contributed by atoms with van der Waals surface area (Å²) >= 11 is 0. The molecule has 0 bridgehead atoms. The highest BCUT2D eigenvalue weighted by Crippen LogP contribution is 2.32. The predicted molar refractivity (Wildman–Crippen MR) is 76.9 cm³/mol. The lowest BCUT2D eigenvalue weighted by Gasteiger charge is -2.32. The molecule has 0 saturated carbocycles. The number of pyridine rings is 1. The fraction of sp³-hybridized carbons (Fsp3) is 0.667. The molecule has 0 atom stereocenters. The van der Waals surface area contributed by atoms with Crippen LogP contribution in [0.15, 0.2) is 18.2 Å². The highest BCUT2D eigenvalue weighted by molar-refractivity contribution is 5.43. The summed E-state index contributed by atoms with van der Waals surface area (Å²) in [5.41, 5.74) is 1.39. The van der Waals surface area contributed by atoms with Crippen molar-refractivity contribution in [3.05, 3.63) is 23.9 Å². The van der Waals surface area contributed by atoms with Crippen molar-refractivity contribution in [2.75, 3.05) is 18.0 Å². The van der Waals surface area contributed by atoms with E-state index in [1.54, 1.807) is 0 Å². The molecule has 0 spiro atoms. The first-order valence-corrected chi connectivity index (χ1v) is 7.08. The molecule has 1 aliphatic rings. The molecule has 1 aliphatic heterocycles. The van der Waals surface area contributed by atoms with Gasteiger partial charge >= 0.3 is 0 Å². The lowest BCUT2D eigenvalue weighted by Crippen LogP contribution is -2.38. The van der Waals surface area contributed by atoms with E-state index in [1.807, 2.05) is 0 Å². The minimum atomic E-state index is 0.252. The molecule has 0 aliphatic carbocycles. The zero-order chi connectivity index (χ0) is 13.0. The van der Waals surface area contributed by atoms with Crippen molar-refractivity contribution in [2.24, 2.45) is 0 Å². The second-order valence-electron chi connectivity index (χ2n) is 5.73. The van der Waals surface area contributed by atoms with Crippen molar-refractivity contribution >= 4 is 5.82 Å². The molecule has 18 heavy (non-hydrogen) atoms. The number of hydrogen-bond acceptors (Lipinski definition) is 3. The SMILES string of the molecule is CCCNCc1cccc(N2CCCC2(C)C)n1. The second-order valence-corrected chi connectivity index (χ2v) is 5.73. The van der Waals surface area contributed by atoms with Gasteiger partial charge in [0.25, 0.3) is 0 Å². The predicted octanol–water partition coefficient (Wildman–Crippen LogP) is 2.96. The molecule has 1 aromatic rings. The van der Waals surface area contributed by atoms with E-state index in [0.717, 1.165) is 31.1 Å². The van der Waals surface area contributed by atoms with Crippen LogP contribution in [0.5, 0.6) is 0 Å². The van der Waals surface area contributed by atoms with Gasteiger partial charge < -0.3 is 10.2 Å². The van der Waals surface area contributed by atoms with Crippen LogP contribution in [-0.4, -0.2) is 23.6 Å². The second kappa shape index (κ2) is 5.70. The molecule has 100 valence electrons. The maximum atomic E-state index is 4.79. The lowest BCUT2D eigenvalue weighted by molar-refractivity contribution is 0.513. The van der Waals surface area contributed by atoms with Crippen molar-refractivity contribution in [3.8, 4) is 0 Å². The summed E-state index contributed by atoms with van der Waals surface area (Å²) < 4.78 is 0. The van der Waals surface area contributed by atoms with Crippen LogP contribution in [0.2, 0.25) is 0 Å². The van der Waals surface area contributed by atoms with Crippen LogP contribution < -0.4 is 10.2 Å². The van der Waals surface area contributed by atoms with Crippen molar-refractivity contribution in [1.82, 2.24) is 10.3 Å². The summed E-state index contributed by atoms with van der Waals surface area (Å²) in [7, 11) is 0. The Bertz CT molecular complexity index is 387. The molecule has 1 aromatic heterocycles. The summed E-state index contributed by atoms with van der Waals surface area (Å²) in [5, 5.41) is 3.41. The van der Waals surface area contributed by atoms with Crippen molar-refractivity contribution in [2.45, 2.75) is 52.1 Å². The molecule has 2 heterocycles. The summed E-state index contributed by atoms with van der Waals surface area (Å²) in [6.45, 7) is 9.86. The average Bonchev–Trinajstić information content (AvgIpc) is 2.70. The fourth-order valence-corrected chi connectivity index (χ4v) is 2.64. The Morgan fingerprint density at radius 3 is 2.89 bits per heavy atom. The van der Waals surface area contributed by atoms with Gasteiger partial charge in [-0.25, -0.2) is 4.98 Å². The number of hydrogen-bond donors (Lipinski definition) is 1. The minimum absolute atomic E-state index is 0.252. The van der Waals surface area contributed by atoms with E-state index in [-0.39, 0.29) is 5.54 Å². The Morgan fingerprint density at radius 2 is 2.22 bits per heavy atom. The van der Waals surface area contributed by atoms with Gasteiger partial charge in [-0.05, 0) is 51.8 Å². The zero-order valence-electron chi connectivity index (χ0n) is 11.9. The molecular weight excluding hydrogens is 222 g/mol. The molecule has 0 aromatic carbocycles. The third-order valence-corrected chi connectivity index (χ3v) is 3.70. The normalized spacial score (nSPS) is 18.3. The Morgan fingerprint density at radius 1 is 1.39 bits per heavy atom. The molecule has 3 nitrogen and oxygen atoms in total. The van der Waals surface area contributed by atoms with Crippen LogP contribution in [0, 0.1) is 0 Å². The first kappa shape index (κ1) is 13.3. The van der Waals surface area contributed by atoms with E-state index in [4.69, 9.17) is 4.98 Å². The average molecular weight is 247 g/mol. The zero-order valence-corrected chi connectivity index (χ0v) is 11.9. The van der Waals surface area contributed by atoms with E-state index in [9.17, 15) is 0 Å². The summed E-state index contributed by atoms with van der Waals surface area (Å²) in [6.07, 6.45) is 3.69. The van der Waals surface area contributed by atoms with E-state index in [2.05, 4.69) is 49.2 Å². The minimum Gasteiger partial charge on any atom is -0.351 e. The van der Waals surface area contributed by atoms with Crippen LogP contribution >= 0.6 is 0 Å². The van der Waals surface area contributed by atoms with Gasteiger partial charge in [-0.1, -0.05) is 13.0 Å². The Labute approximate surface area is 111 Å². The number of aromatic nitrogens is 1. The number of rotatable bonds is 5. The van der Waals surface area contributed by atoms with Crippen LogP contribution in [0.25, 0.3) is 0 Å². The van der Waals surface area contributed by atoms with Crippen molar-refractivity contribution in [1.29, 1.82) is 0 Å². The highest BCUT2D eigenvalue weighted by atomic mass is 15.3. The van der Waals surface area contributed by atoms with E-state index in [0.29, 0.717) is 0 Å². The number of nitrogens with zero attached hydrogens (tertiary/aromatic N) is 2. The van der Waals surface area contributed by atoms with Gasteiger partial charge in [0.15, 0.2) is 0 Å². The highest BCUT2D eigenvalue weighted by Gasteiger charge is 2.32. The van der Waals surface area contributed by atoms with E-state index in [1.165, 1.54) is 19.3 Å². The third kappa shape index (κ3) is 3.02. The van der Waals surface area contributed by atoms with Gasteiger partial charge in [0.05, 0.1) is 5.69 Å². The molecule has 1 saturated heterocycles. The maximum Gasteiger partial charge on any atom is 0.129 e. The number of nitrogens with one attached hydrogen (secondary N) is 1. The molecule has 2 rings (SSSR count). The smallest absolute Gasteiger partial charge is 0.129 e. The molecule has 1 fully saturated rings. The molecule has 0 radical (unpaired) electrons. The van der Waals surface area contributed by atoms with Gasteiger partial charge in [-0.3, -0.25) is 0 Å². The summed E-state index contributed by atoms with van der Waals surface area (Å²) in [5.74, 6) is 1.13. The van der Waals surface area contributed by atoms with Gasteiger partial charge in [-0.2, -0.15) is 0 Å². The molecular formula is C15H25N3. The Balaban J connectivity index is 2.07. The van der Waals surface area contributed by atoms with Crippen LogP contribution in [0.4, 0.5) is 5.82 Å². The van der Waals surface area contributed by atoms with Gasteiger partial charge in [0, 0.05) is 18.6 Å².